The number of anilines is 1. The highest BCUT2D eigenvalue weighted by Crippen LogP contribution is 2.25. The highest BCUT2D eigenvalue weighted by molar-refractivity contribution is 7.92. The van der Waals surface area contributed by atoms with Gasteiger partial charge in [-0.3, -0.25) is 9.21 Å². The van der Waals surface area contributed by atoms with Crippen LogP contribution in [0.25, 0.3) is 11.5 Å². The first-order chi connectivity index (χ1) is 18.9. The van der Waals surface area contributed by atoms with Gasteiger partial charge in [-0.1, -0.05) is 44.2 Å². The standard InChI is InChI=1S/C25H31F2N5O4S.C2H6/c26-23(27)25-29-28-24(36-25)21-9-7-20(8-10-21)19-32(22-5-2-1-3-6-22)37(34,35)18-16-31-14-12-30(13-15-31)11-4-17-33;1-2/h1-3,5-10,23,33H,4,11-19H2;1-2H3. The average Bonchev–Trinajstić information content (AvgIpc) is 3.47. The number of halogens is 2. The van der Waals surface area contributed by atoms with Gasteiger partial charge < -0.3 is 14.4 Å². The number of aliphatic hydroxyl groups is 1. The van der Waals surface area contributed by atoms with E-state index in [1.807, 2.05) is 19.9 Å². The fraction of sp³-hybridized carbons (Fsp3) is 0.481. The fourth-order valence-electron chi connectivity index (χ4n) is 4.19. The van der Waals surface area contributed by atoms with Crippen LogP contribution < -0.4 is 4.31 Å². The van der Waals surface area contributed by atoms with Gasteiger partial charge in [0.25, 0.3) is 5.89 Å². The highest BCUT2D eigenvalue weighted by Gasteiger charge is 2.25. The SMILES string of the molecule is CC.O=S(=O)(CCN1CCN(CCCO)CC1)N(Cc1ccc(-c2nnc(C(F)F)o2)cc1)c1ccccc1. The van der Waals surface area contributed by atoms with Crippen molar-refractivity contribution in [3.05, 3.63) is 66.1 Å². The Balaban J connectivity index is 0.00000205. The summed E-state index contributed by atoms with van der Waals surface area (Å²) in [6.07, 6.45) is -2.10. The average molecular weight is 566 g/mol. The van der Waals surface area contributed by atoms with Crippen molar-refractivity contribution in [1.82, 2.24) is 20.0 Å². The number of hydrogen-bond donors (Lipinski definition) is 1. The van der Waals surface area contributed by atoms with Crippen LogP contribution >= 0.6 is 0 Å². The Labute approximate surface area is 229 Å². The van der Waals surface area contributed by atoms with Gasteiger partial charge in [0.15, 0.2) is 0 Å². The van der Waals surface area contributed by atoms with Crippen LogP contribution in [0.4, 0.5) is 14.5 Å². The molecule has 1 aliphatic rings. The summed E-state index contributed by atoms with van der Waals surface area (Å²) in [4.78, 5) is 4.44. The maximum atomic E-state index is 13.5. The molecule has 1 saturated heterocycles. The van der Waals surface area contributed by atoms with Crippen LogP contribution in [0.2, 0.25) is 0 Å². The summed E-state index contributed by atoms with van der Waals surface area (Å²) in [5.74, 6) is -0.785. The van der Waals surface area contributed by atoms with Crippen molar-refractivity contribution in [2.45, 2.75) is 33.2 Å². The normalized spacial score (nSPS) is 14.7. The van der Waals surface area contributed by atoms with Gasteiger partial charge in [-0.25, -0.2) is 8.42 Å². The molecule has 0 atom stereocenters. The summed E-state index contributed by atoms with van der Waals surface area (Å²) in [7, 11) is -3.65. The molecule has 0 saturated carbocycles. The summed E-state index contributed by atoms with van der Waals surface area (Å²) < 4.78 is 58.9. The molecule has 2 aromatic carbocycles. The lowest BCUT2D eigenvalue weighted by atomic mass is 10.1. The van der Waals surface area contributed by atoms with E-state index in [2.05, 4.69) is 20.0 Å². The van der Waals surface area contributed by atoms with Gasteiger partial charge in [0.2, 0.25) is 15.9 Å². The zero-order valence-electron chi connectivity index (χ0n) is 22.4. The van der Waals surface area contributed by atoms with E-state index in [0.717, 1.165) is 44.7 Å². The molecule has 0 amide bonds. The number of rotatable bonds is 12. The van der Waals surface area contributed by atoms with Crippen LogP contribution in [-0.2, 0) is 16.6 Å². The number of hydrogen-bond acceptors (Lipinski definition) is 8. The number of sulfonamides is 1. The second kappa shape index (κ2) is 15.0. The van der Waals surface area contributed by atoms with Crippen LogP contribution in [0.3, 0.4) is 0 Å². The molecule has 12 heteroatoms. The Morgan fingerprint density at radius 1 is 0.949 bits per heavy atom. The smallest absolute Gasteiger partial charge is 0.314 e. The molecule has 39 heavy (non-hydrogen) atoms. The van der Waals surface area contributed by atoms with E-state index in [1.165, 1.54) is 4.31 Å². The first kappa shape index (κ1) is 30.6. The fourth-order valence-corrected chi connectivity index (χ4v) is 5.69. The summed E-state index contributed by atoms with van der Waals surface area (Å²) >= 11 is 0. The molecule has 9 nitrogen and oxygen atoms in total. The maximum absolute atomic E-state index is 13.5. The van der Waals surface area contributed by atoms with Crippen molar-refractivity contribution in [3.63, 3.8) is 0 Å². The van der Waals surface area contributed by atoms with Gasteiger partial charge >= 0.3 is 6.43 Å². The zero-order valence-corrected chi connectivity index (χ0v) is 23.2. The lowest BCUT2D eigenvalue weighted by Crippen LogP contribution is -2.48. The molecule has 0 unspecified atom stereocenters. The van der Waals surface area contributed by atoms with Gasteiger partial charge in [-0.15, -0.1) is 10.2 Å². The number of piperazine rings is 1. The third-order valence-electron chi connectivity index (χ3n) is 6.30. The molecule has 3 aromatic rings. The van der Waals surface area contributed by atoms with Crippen LogP contribution in [0, 0.1) is 0 Å². The van der Waals surface area contributed by atoms with Crippen LogP contribution in [0.5, 0.6) is 0 Å². The summed E-state index contributed by atoms with van der Waals surface area (Å²) in [5, 5.41) is 16.0. The van der Waals surface area contributed by atoms with Gasteiger partial charge in [-0.05, 0) is 36.2 Å². The van der Waals surface area contributed by atoms with Crippen molar-refractivity contribution in [3.8, 4) is 11.5 Å². The van der Waals surface area contributed by atoms with E-state index >= 15 is 0 Å². The molecule has 0 radical (unpaired) electrons. The van der Waals surface area contributed by atoms with Crippen molar-refractivity contribution in [1.29, 1.82) is 0 Å². The van der Waals surface area contributed by atoms with E-state index in [-0.39, 0.29) is 24.8 Å². The van der Waals surface area contributed by atoms with Crippen molar-refractivity contribution < 1.29 is 26.7 Å². The minimum Gasteiger partial charge on any atom is -0.415 e. The van der Waals surface area contributed by atoms with Crippen LogP contribution in [-0.4, -0.2) is 85.1 Å². The topological polar surface area (TPSA) is 103 Å². The van der Waals surface area contributed by atoms with Crippen molar-refractivity contribution in [2.75, 3.05) is 55.9 Å². The minimum atomic E-state index is -3.65. The summed E-state index contributed by atoms with van der Waals surface area (Å²) in [6.45, 7) is 8.86. The third kappa shape index (κ3) is 8.79. The first-order valence-electron chi connectivity index (χ1n) is 13.2. The number of alkyl halides is 2. The van der Waals surface area contributed by atoms with E-state index in [4.69, 9.17) is 9.52 Å². The van der Waals surface area contributed by atoms with Gasteiger partial charge in [0.1, 0.15) is 0 Å². The predicted molar refractivity (Wildman–Crippen MR) is 147 cm³/mol. The molecule has 0 aliphatic carbocycles. The maximum Gasteiger partial charge on any atom is 0.314 e. The van der Waals surface area contributed by atoms with E-state index < -0.39 is 22.3 Å². The molecule has 4 rings (SSSR count). The molecule has 2 heterocycles. The molecule has 0 bridgehead atoms. The molecule has 214 valence electrons. The van der Waals surface area contributed by atoms with E-state index in [0.29, 0.717) is 17.8 Å². The Kier molecular flexibility index (Phi) is 11.8. The van der Waals surface area contributed by atoms with Crippen molar-refractivity contribution in [2.24, 2.45) is 0 Å². The Hall–Kier alpha value is -2.93. The second-order valence-electron chi connectivity index (χ2n) is 8.86. The number of nitrogens with zero attached hydrogens (tertiary/aromatic N) is 5. The molecular formula is C27H37F2N5O4S. The number of aliphatic hydroxyl groups excluding tert-OH is 1. The van der Waals surface area contributed by atoms with Gasteiger partial charge in [0.05, 0.1) is 18.0 Å². The van der Waals surface area contributed by atoms with E-state index in [1.54, 1.807) is 48.5 Å². The number of para-hydroxylation sites is 1. The minimum absolute atomic E-state index is 0.0188. The van der Waals surface area contributed by atoms with Gasteiger partial charge in [-0.2, -0.15) is 8.78 Å². The Morgan fingerprint density at radius 3 is 2.13 bits per heavy atom. The molecule has 1 aromatic heterocycles. The monoisotopic (exact) mass is 565 g/mol. The first-order valence-corrected chi connectivity index (χ1v) is 14.8. The number of aromatic nitrogens is 2. The Morgan fingerprint density at radius 2 is 1.56 bits per heavy atom. The summed E-state index contributed by atoms with van der Waals surface area (Å²) in [6, 6.07) is 15.7. The molecule has 0 spiro atoms. The molecule has 1 fully saturated rings. The molecule has 1 aliphatic heterocycles. The largest absolute Gasteiger partial charge is 0.415 e. The lowest BCUT2D eigenvalue weighted by Gasteiger charge is -2.35. The zero-order chi connectivity index (χ0) is 28.3. The summed E-state index contributed by atoms with van der Waals surface area (Å²) in [5.41, 5.74) is 1.76. The Bertz CT molecular complexity index is 1220. The third-order valence-corrected chi connectivity index (χ3v) is 8.01. The highest BCUT2D eigenvalue weighted by atomic mass is 32.2. The molecule has 1 N–H and O–H groups in total. The number of benzene rings is 2. The van der Waals surface area contributed by atoms with Gasteiger partial charge in [0, 0.05) is 51.4 Å². The molecular weight excluding hydrogens is 528 g/mol. The van der Waals surface area contributed by atoms with Crippen LogP contribution in [0.1, 0.15) is 38.1 Å². The quantitative estimate of drug-likeness (QED) is 0.351. The lowest BCUT2D eigenvalue weighted by molar-refractivity contribution is 0.116. The van der Waals surface area contributed by atoms with E-state index in [9.17, 15) is 17.2 Å². The van der Waals surface area contributed by atoms with Crippen LogP contribution in [0.15, 0.2) is 59.0 Å². The second-order valence-corrected chi connectivity index (χ2v) is 10.9. The van der Waals surface area contributed by atoms with Crippen molar-refractivity contribution >= 4 is 15.7 Å². The predicted octanol–water partition coefficient (Wildman–Crippen LogP) is 4.04.